The predicted octanol–water partition coefficient (Wildman–Crippen LogP) is 2.29. The second-order valence-corrected chi connectivity index (χ2v) is 4.05. The third-order valence-corrected chi connectivity index (χ3v) is 2.83. The Labute approximate surface area is 90.0 Å². The van der Waals surface area contributed by atoms with Crippen molar-refractivity contribution in [3.8, 4) is 0 Å². The van der Waals surface area contributed by atoms with Crippen LogP contribution in [0.1, 0.15) is 49.9 Å². The number of hydrogen-bond acceptors (Lipinski definition) is 3. The molecule has 0 aliphatic heterocycles. The van der Waals surface area contributed by atoms with Crippen LogP contribution in [0.25, 0.3) is 0 Å². The van der Waals surface area contributed by atoms with Gasteiger partial charge < -0.3 is 9.84 Å². The van der Waals surface area contributed by atoms with Gasteiger partial charge in [0.15, 0.2) is 0 Å². The van der Waals surface area contributed by atoms with Crippen LogP contribution in [0.15, 0.2) is 10.6 Å². The predicted molar refractivity (Wildman–Crippen MR) is 57.7 cm³/mol. The summed E-state index contributed by atoms with van der Waals surface area (Å²) >= 11 is 0. The topological polar surface area (TPSA) is 55.1 Å². The van der Waals surface area contributed by atoms with Crippen LogP contribution in [0.2, 0.25) is 0 Å². The quantitative estimate of drug-likeness (QED) is 0.829. The molecule has 15 heavy (non-hydrogen) atoms. The molecule has 0 aromatic carbocycles. The SMILES string of the molecule is CCC(C)(CC)NC(=O)c1cc(C)no1. The van der Waals surface area contributed by atoms with E-state index in [-0.39, 0.29) is 17.2 Å². The number of carbonyl (C=O) groups excluding carboxylic acids is 1. The fourth-order valence-corrected chi connectivity index (χ4v) is 1.23. The molecule has 84 valence electrons. The van der Waals surface area contributed by atoms with Gasteiger partial charge in [0.25, 0.3) is 5.91 Å². The van der Waals surface area contributed by atoms with Crippen molar-refractivity contribution in [2.75, 3.05) is 0 Å². The third-order valence-electron chi connectivity index (χ3n) is 2.83. The standard InChI is InChI=1S/C11H18N2O2/c1-5-11(4,6-2)12-10(14)9-7-8(3)13-15-9/h7H,5-6H2,1-4H3,(H,12,14). The molecule has 1 aromatic rings. The number of aryl methyl sites for hydroxylation is 1. The van der Waals surface area contributed by atoms with Crippen LogP contribution in [0.3, 0.4) is 0 Å². The fraction of sp³-hybridized carbons (Fsp3) is 0.636. The number of amides is 1. The maximum absolute atomic E-state index is 11.7. The highest BCUT2D eigenvalue weighted by Gasteiger charge is 2.24. The molecule has 0 aliphatic rings. The van der Waals surface area contributed by atoms with Crippen LogP contribution in [0, 0.1) is 6.92 Å². The molecule has 0 unspecified atom stereocenters. The average Bonchev–Trinajstić information content (AvgIpc) is 2.65. The van der Waals surface area contributed by atoms with Gasteiger partial charge in [0, 0.05) is 11.6 Å². The summed E-state index contributed by atoms with van der Waals surface area (Å²) in [5, 5.41) is 6.63. The van der Waals surface area contributed by atoms with Gasteiger partial charge in [-0.1, -0.05) is 19.0 Å². The molecule has 0 atom stereocenters. The Bertz CT molecular complexity index is 340. The lowest BCUT2D eigenvalue weighted by molar-refractivity contribution is 0.0863. The molecule has 1 amide bonds. The van der Waals surface area contributed by atoms with Gasteiger partial charge in [-0.25, -0.2) is 0 Å². The number of hydrogen-bond donors (Lipinski definition) is 1. The lowest BCUT2D eigenvalue weighted by Crippen LogP contribution is -2.44. The second kappa shape index (κ2) is 4.47. The van der Waals surface area contributed by atoms with E-state index in [1.54, 1.807) is 13.0 Å². The summed E-state index contributed by atoms with van der Waals surface area (Å²) in [7, 11) is 0. The first-order valence-electron chi connectivity index (χ1n) is 5.26. The molecule has 0 bridgehead atoms. The molecule has 0 saturated heterocycles. The van der Waals surface area contributed by atoms with E-state index in [0.717, 1.165) is 18.5 Å². The van der Waals surface area contributed by atoms with Crippen molar-refractivity contribution < 1.29 is 9.32 Å². The van der Waals surface area contributed by atoms with E-state index in [2.05, 4.69) is 24.3 Å². The largest absolute Gasteiger partial charge is 0.351 e. The lowest BCUT2D eigenvalue weighted by Gasteiger charge is -2.27. The maximum Gasteiger partial charge on any atom is 0.290 e. The van der Waals surface area contributed by atoms with E-state index < -0.39 is 0 Å². The van der Waals surface area contributed by atoms with Crippen molar-refractivity contribution in [3.05, 3.63) is 17.5 Å². The van der Waals surface area contributed by atoms with E-state index in [9.17, 15) is 4.79 Å². The Morgan fingerprint density at radius 3 is 2.53 bits per heavy atom. The van der Waals surface area contributed by atoms with Crippen molar-refractivity contribution in [2.45, 2.75) is 46.1 Å². The first-order valence-corrected chi connectivity index (χ1v) is 5.26. The van der Waals surface area contributed by atoms with Crippen LogP contribution >= 0.6 is 0 Å². The van der Waals surface area contributed by atoms with E-state index in [4.69, 9.17) is 4.52 Å². The number of nitrogens with zero attached hydrogens (tertiary/aromatic N) is 1. The summed E-state index contributed by atoms with van der Waals surface area (Å²) in [6, 6.07) is 1.64. The third kappa shape index (κ3) is 2.81. The Morgan fingerprint density at radius 2 is 2.13 bits per heavy atom. The first-order chi connectivity index (χ1) is 7.00. The van der Waals surface area contributed by atoms with Gasteiger partial charge >= 0.3 is 0 Å². The number of nitrogens with one attached hydrogen (secondary N) is 1. The Balaban J connectivity index is 2.71. The average molecular weight is 210 g/mol. The van der Waals surface area contributed by atoms with Gasteiger partial charge in [-0.3, -0.25) is 4.79 Å². The summed E-state index contributed by atoms with van der Waals surface area (Å²) in [5.41, 5.74) is 0.549. The van der Waals surface area contributed by atoms with Crippen LogP contribution < -0.4 is 5.32 Å². The minimum absolute atomic E-state index is 0.169. The molecule has 1 N–H and O–H groups in total. The highest BCUT2D eigenvalue weighted by molar-refractivity contribution is 5.91. The van der Waals surface area contributed by atoms with E-state index in [0.29, 0.717) is 0 Å². The highest BCUT2D eigenvalue weighted by atomic mass is 16.5. The van der Waals surface area contributed by atoms with Crippen molar-refractivity contribution in [1.82, 2.24) is 10.5 Å². The fourth-order valence-electron chi connectivity index (χ4n) is 1.23. The van der Waals surface area contributed by atoms with Crippen molar-refractivity contribution in [3.63, 3.8) is 0 Å². The van der Waals surface area contributed by atoms with Crippen LogP contribution in [0.4, 0.5) is 0 Å². The van der Waals surface area contributed by atoms with Gasteiger partial charge in [0.2, 0.25) is 5.76 Å². The molecule has 4 nitrogen and oxygen atoms in total. The van der Waals surface area contributed by atoms with Crippen molar-refractivity contribution in [1.29, 1.82) is 0 Å². The monoisotopic (exact) mass is 210 g/mol. The number of rotatable bonds is 4. The van der Waals surface area contributed by atoms with Gasteiger partial charge in [0.05, 0.1) is 5.69 Å². The van der Waals surface area contributed by atoms with E-state index in [1.807, 2.05) is 6.92 Å². The first kappa shape index (κ1) is 11.8. The molecule has 0 fully saturated rings. The second-order valence-electron chi connectivity index (χ2n) is 4.05. The Hall–Kier alpha value is -1.32. The summed E-state index contributed by atoms with van der Waals surface area (Å²) in [4.78, 5) is 11.7. The lowest BCUT2D eigenvalue weighted by atomic mass is 9.95. The van der Waals surface area contributed by atoms with Crippen LogP contribution in [-0.2, 0) is 0 Å². The van der Waals surface area contributed by atoms with Gasteiger partial charge in [-0.2, -0.15) is 0 Å². The summed E-state index contributed by atoms with van der Waals surface area (Å²) in [6.07, 6.45) is 1.78. The van der Waals surface area contributed by atoms with Crippen molar-refractivity contribution >= 4 is 5.91 Å². The Morgan fingerprint density at radius 1 is 1.53 bits per heavy atom. The zero-order valence-electron chi connectivity index (χ0n) is 9.76. The smallest absolute Gasteiger partial charge is 0.290 e. The zero-order chi connectivity index (χ0) is 11.5. The molecule has 1 heterocycles. The minimum Gasteiger partial charge on any atom is -0.351 e. The summed E-state index contributed by atoms with van der Waals surface area (Å²) < 4.78 is 4.90. The number of carbonyl (C=O) groups is 1. The summed E-state index contributed by atoms with van der Waals surface area (Å²) in [5.74, 6) is 0.0856. The molecule has 0 saturated carbocycles. The van der Waals surface area contributed by atoms with E-state index >= 15 is 0 Å². The molecule has 0 radical (unpaired) electrons. The van der Waals surface area contributed by atoms with Crippen LogP contribution in [-0.4, -0.2) is 16.6 Å². The van der Waals surface area contributed by atoms with Crippen LogP contribution in [0.5, 0.6) is 0 Å². The molecule has 0 spiro atoms. The molecule has 4 heteroatoms. The normalized spacial score (nSPS) is 11.5. The zero-order valence-corrected chi connectivity index (χ0v) is 9.76. The summed E-state index contributed by atoms with van der Waals surface area (Å²) in [6.45, 7) is 7.91. The van der Waals surface area contributed by atoms with Gasteiger partial charge in [0.1, 0.15) is 0 Å². The Kier molecular flexibility index (Phi) is 3.50. The molecule has 1 rings (SSSR count). The highest BCUT2D eigenvalue weighted by Crippen LogP contribution is 2.14. The maximum atomic E-state index is 11.7. The molecular weight excluding hydrogens is 192 g/mol. The van der Waals surface area contributed by atoms with Gasteiger partial charge in [-0.15, -0.1) is 0 Å². The molecular formula is C11H18N2O2. The van der Waals surface area contributed by atoms with Gasteiger partial charge in [-0.05, 0) is 26.7 Å². The van der Waals surface area contributed by atoms with E-state index in [1.165, 1.54) is 0 Å². The van der Waals surface area contributed by atoms with Crippen molar-refractivity contribution in [2.24, 2.45) is 0 Å². The molecule has 1 aromatic heterocycles. The number of aromatic nitrogens is 1. The minimum atomic E-state index is -0.193. The molecule has 0 aliphatic carbocycles.